The lowest BCUT2D eigenvalue weighted by Gasteiger charge is -2.32. The largest absolute Gasteiger partial charge is 0.376 e. The summed E-state index contributed by atoms with van der Waals surface area (Å²) in [6.07, 6.45) is 1.16. The summed E-state index contributed by atoms with van der Waals surface area (Å²) < 4.78 is 11.0. The molecule has 1 aliphatic rings. The Morgan fingerprint density at radius 3 is 2.94 bits per heavy atom. The Bertz CT molecular complexity index is 233. The predicted molar refractivity (Wildman–Crippen MR) is 65.5 cm³/mol. The molecular weight excluding hydrogens is 204 g/mol. The molecule has 0 aliphatic carbocycles. The van der Waals surface area contributed by atoms with Crippen molar-refractivity contribution in [2.24, 2.45) is 5.73 Å². The van der Waals surface area contributed by atoms with Gasteiger partial charge in [-0.05, 0) is 20.3 Å². The number of ether oxygens (including phenoxy) is 2. The van der Waals surface area contributed by atoms with Crippen molar-refractivity contribution in [2.45, 2.75) is 31.9 Å². The molecule has 0 aromatic heterocycles. The van der Waals surface area contributed by atoms with E-state index in [1.807, 2.05) is 6.92 Å². The molecule has 0 aromatic rings. The van der Waals surface area contributed by atoms with Crippen molar-refractivity contribution in [3.63, 3.8) is 0 Å². The molecule has 94 valence electrons. The summed E-state index contributed by atoms with van der Waals surface area (Å²) in [7, 11) is 0. The Hall–Kier alpha value is -0.420. The maximum Gasteiger partial charge on any atom is 0.0741 e. The topological polar surface area (TPSA) is 56.5 Å². The van der Waals surface area contributed by atoms with Gasteiger partial charge in [0, 0.05) is 19.7 Å². The van der Waals surface area contributed by atoms with Gasteiger partial charge in [0.05, 0.1) is 24.9 Å². The van der Waals surface area contributed by atoms with Gasteiger partial charge in [-0.1, -0.05) is 12.2 Å². The summed E-state index contributed by atoms with van der Waals surface area (Å²) in [6.45, 7) is 11.3. The zero-order chi connectivity index (χ0) is 12.0. The van der Waals surface area contributed by atoms with Crippen LogP contribution in [0.15, 0.2) is 12.2 Å². The van der Waals surface area contributed by atoms with E-state index in [2.05, 4.69) is 18.8 Å². The van der Waals surface area contributed by atoms with Gasteiger partial charge in [0.1, 0.15) is 0 Å². The Labute approximate surface area is 98.2 Å². The van der Waals surface area contributed by atoms with E-state index in [-0.39, 0.29) is 11.6 Å². The molecule has 0 bridgehead atoms. The monoisotopic (exact) mass is 228 g/mol. The third-order valence-corrected chi connectivity index (χ3v) is 3.13. The second-order valence-corrected chi connectivity index (χ2v) is 4.56. The first-order valence-corrected chi connectivity index (χ1v) is 5.89. The maximum atomic E-state index is 5.82. The molecule has 0 aromatic carbocycles. The fourth-order valence-electron chi connectivity index (χ4n) is 1.97. The molecule has 2 atom stereocenters. The molecule has 2 unspecified atom stereocenters. The second-order valence-electron chi connectivity index (χ2n) is 4.56. The van der Waals surface area contributed by atoms with Crippen LogP contribution in [0.1, 0.15) is 20.3 Å². The summed E-state index contributed by atoms with van der Waals surface area (Å²) in [4.78, 5) is 0. The lowest BCUT2D eigenvalue weighted by atomic mass is 9.92. The molecule has 4 nitrogen and oxygen atoms in total. The standard InChI is InChI=1S/C12H24N2O2/c1-10(2)8-15-7-5-14-12(9-13)4-6-16-11(12)3/h11,14H,1,4-9,13H2,2-3H3. The first kappa shape index (κ1) is 13.6. The fraction of sp³-hybridized carbons (Fsp3) is 0.833. The van der Waals surface area contributed by atoms with Crippen LogP contribution in [0.4, 0.5) is 0 Å². The minimum absolute atomic E-state index is 0.0629. The zero-order valence-electron chi connectivity index (χ0n) is 10.4. The molecule has 0 amide bonds. The Kier molecular flexibility index (Phi) is 5.41. The van der Waals surface area contributed by atoms with Crippen molar-refractivity contribution in [3.8, 4) is 0 Å². The Morgan fingerprint density at radius 2 is 2.44 bits per heavy atom. The molecule has 0 radical (unpaired) electrons. The van der Waals surface area contributed by atoms with E-state index in [4.69, 9.17) is 15.2 Å². The summed E-state index contributed by atoms with van der Waals surface area (Å²) in [6, 6.07) is 0. The molecule has 4 heteroatoms. The predicted octanol–water partition coefficient (Wildman–Crippen LogP) is 0.675. The molecular formula is C12H24N2O2. The van der Waals surface area contributed by atoms with Gasteiger partial charge < -0.3 is 20.5 Å². The van der Waals surface area contributed by atoms with Crippen molar-refractivity contribution < 1.29 is 9.47 Å². The van der Waals surface area contributed by atoms with Crippen LogP contribution in [-0.2, 0) is 9.47 Å². The highest BCUT2D eigenvalue weighted by atomic mass is 16.5. The molecule has 1 heterocycles. The van der Waals surface area contributed by atoms with E-state index < -0.39 is 0 Å². The van der Waals surface area contributed by atoms with Crippen molar-refractivity contribution in [1.29, 1.82) is 0 Å². The van der Waals surface area contributed by atoms with E-state index in [1.165, 1.54) is 0 Å². The third-order valence-electron chi connectivity index (χ3n) is 3.13. The SMILES string of the molecule is C=C(C)COCCNC1(CN)CCOC1C. The minimum atomic E-state index is -0.0629. The molecule has 1 rings (SSSR count). The number of rotatable bonds is 7. The van der Waals surface area contributed by atoms with Gasteiger partial charge >= 0.3 is 0 Å². The van der Waals surface area contributed by atoms with E-state index in [0.29, 0.717) is 19.8 Å². The van der Waals surface area contributed by atoms with Crippen molar-refractivity contribution in [2.75, 3.05) is 32.9 Å². The van der Waals surface area contributed by atoms with Crippen LogP contribution in [0.3, 0.4) is 0 Å². The summed E-state index contributed by atoms with van der Waals surface area (Å²) in [5, 5.41) is 3.46. The summed E-state index contributed by atoms with van der Waals surface area (Å²) in [5.74, 6) is 0. The van der Waals surface area contributed by atoms with Gasteiger partial charge in [-0.25, -0.2) is 0 Å². The lowest BCUT2D eigenvalue weighted by Crippen LogP contribution is -2.56. The first-order valence-electron chi connectivity index (χ1n) is 5.89. The molecule has 1 saturated heterocycles. The van der Waals surface area contributed by atoms with E-state index in [1.54, 1.807) is 0 Å². The summed E-state index contributed by atoms with van der Waals surface area (Å²) >= 11 is 0. The molecule has 0 spiro atoms. The molecule has 1 aliphatic heterocycles. The van der Waals surface area contributed by atoms with Gasteiger partial charge in [-0.15, -0.1) is 0 Å². The zero-order valence-corrected chi connectivity index (χ0v) is 10.4. The van der Waals surface area contributed by atoms with E-state index >= 15 is 0 Å². The van der Waals surface area contributed by atoms with Crippen LogP contribution < -0.4 is 11.1 Å². The highest BCUT2D eigenvalue weighted by molar-refractivity contribution is 4.98. The van der Waals surface area contributed by atoms with Crippen LogP contribution in [0, 0.1) is 0 Å². The van der Waals surface area contributed by atoms with Crippen molar-refractivity contribution in [3.05, 3.63) is 12.2 Å². The maximum absolute atomic E-state index is 5.82. The highest BCUT2D eigenvalue weighted by Crippen LogP contribution is 2.24. The van der Waals surface area contributed by atoms with Crippen LogP contribution in [-0.4, -0.2) is 44.6 Å². The minimum Gasteiger partial charge on any atom is -0.376 e. The highest BCUT2D eigenvalue weighted by Gasteiger charge is 2.39. The van der Waals surface area contributed by atoms with Crippen LogP contribution >= 0.6 is 0 Å². The van der Waals surface area contributed by atoms with Gasteiger partial charge in [0.15, 0.2) is 0 Å². The van der Waals surface area contributed by atoms with Gasteiger partial charge in [-0.3, -0.25) is 0 Å². The Balaban J connectivity index is 2.22. The van der Waals surface area contributed by atoms with Crippen LogP contribution in [0.2, 0.25) is 0 Å². The third kappa shape index (κ3) is 3.56. The van der Waals surface area contributed by atoms with Gasteiger partial charge in [0.25, 0.3) is 0 Å². The van der Waals surface area contributed by atoms with E-state index in [0.717, 1.165) is 25.1 Å². The van der Waals surface area contributed by atoms with Crippen LogP contribution in [0.5, 0.6) is 0 Å². The van der Waals surface area contributed by atoms with Crippen molar-refractivity contribution in [1.82, 2.24) is 5.32 Å². The molecule has 1 fully saturated rings. The second kappa shape index (κ2) is 6.35. The number of nitrogens with one attached hydrogen (secondary N) is 1. The normalized spacial score (nSPS) is 29.6. The van der Waals surface area contributed by atoms with Crippen LogP contribution in [0.25, 0.3) is 0 Å². The van der Waals surface area contributed by atoms with Gasteiger partial charge in [0.2, 0.25) is 0 Å². The molecule has 3 N–H and O–H groups in total. The quantitative estimate of drug-likeness (QED) is 0.497. The summed E-state index contributed by atoms with van der Waals surface area (Å²) in [5.41, 5.74) is 6.81. The van der Waals surface area contributed by atoms with Gasteiger partial charge in [-0.2, -0.15) is 0 Å². The fourth-order valence-corrected chi connectivity index (χ4v) is 1.97. The smallest absolute Gasteiger partial charge is 0.0741 e. The molecule has 0 saturated carbocycles. The van der Waals surface area contributed by atoms with Crippen molar-refractivity contribution >= 4 is 0 Å². The number of hydrogen-bond acceptors (Lipinski definition) is 4. The average Bonchev–Trinajstić information content (AvgIpc) is 2.60. The molecule has 16 heavy (non-hydrogen) atoms. The Morgan fingerprint density at radius 1 is 1.69 bits per heavy atom. The van der Waals surface area contributed by atoms with E-state index in [9.17, 15) is 0 Å². The first-order chi connectivity index (χ1) is 7.60. The lowest BCUT2D eigenvalue weighted by molar-refractivity contribution is 0.0792. The number of nitrogens with two attached hydrogens (primary N) is 1. The average molecular weight is 228 g/mol. The number of hydrogen-bond donors (Lipinski definition) is 2.